The Kier molecular flexibility index (Phi) is 2.83. The van der Waals surface area contributed by atoms with E-state index in [9.17, 15) is 8.42 Å². The van der Waals surface area contributed by atoms with Crippen LogP contribution < -0.4 is 5.32 Å². The molecule has 1 atom stereocenters. The molecule has 20 heavy (non-hydrogen) atoms. The van der Waals surface area contributed by atoms with Gasteiger partial charge in [-0.3, -0.25) is 0 Å². The molecule has 3 rings (SSSR count). The van der Waals surface area contributed by atoms with E-state index in [2.05, 4.69) is 21.4 Å². The van der Waals surface area contributed by atoms with Crippen LogP contribution in [0, 0.1) is 11.3 Å². The Morgan fingerprint density at radius 1 is 1.40 bits per heavy atom. The van der Waals surface area contributed by atoms with Gasteiger partial charge in [0.1, 0.15) is 18.2 Å². The number of rotatable bonds is 2. The topological polar surface area (TPSA) is 95.7 Å². The number of benzene rings is 1. The second-order valence-corrected chi connectivity index (χ2v) is 6.80. The first kappa shape index (κ1) is 12.8. The van der Waals surface area contributed by atoms with Crippen molar-refractivity contribution in [3.8, 4) is 6.07 Å². The van der Waals surface area contributed by atoms with Gasteiger partial charge in [0.2, 0.25) is 0 Å². The van der Waals surface area contributed by atoms with E-state index in [0.29, 0.717) is 28.0 Å². The lowest BCUT2D eigenvalue weighted by molar-refractivity contribution is 0.600. The van der Waals surface area contributed by atoms with Gasteiger partial charge >= 0.3 is 0 Å². The summed E-state index contributed by atoms with van der Waals surface area (Å²) in [7, 11) is -3.20. The Bertz CT molecular complexity index is 839. The Morgan fingerprint density at radius 2 is 2.20 bits per heavy atom. The number of aryl methyl sites for hydroxylation is 1. The zero-order valence-electron chi connectivity index (χ0n) is 10.8. The first-order valence-corrected chi connectivity index (χ1v) is 7.83. The van der Waals surface area contributed by atoms with Crippen LogP contribution in [0.25, 0.3) is 10.9 Å². The van der Waals surface area contributed by atoms with Crippen molar-refractivity contribution in [3.05, 3.63) is 24.0 Å². The Morgan fingerprint density at radius 3 is 2.95 bits per heavy atom. The monoisotopic (exact) mass is 288 g/mol. The van der Waals surface area contributed by atoms with Crippen molar-refractivity contribution < 1.29 is 8.42 Å². The third-order valence-corrected chi connectivity index (χ3v) is 5.17. The fourth-order valence-corrected chi connectivity index (χ4v) is 3.98. The van der Waals surface area contributed by atoms with Crippen molar-refractivity contribution in [3.63, 3.8) is 0 Å². The number of hydrogen-bond donors (Lipinski definition) is 1. The summed E-state index contributed by atoms with van der Waals surface area (Å²) in [6.45, 7) is 1.72. The lowest BCUT2D eigenvalue weighted by Gasteiger charge is -2.12. The highest BCUT2D eigenvalue weighted by atomic mass is 32.2. The van der Waals surface area contributed by atoms with Crippen molar-refractivity contribution in [1.29, 1.82) is 5.26 Å². The highest BCUT2D eigenvalue weighted by molar-refractivity contribution is 7.91. The number of nitriles is 1. The van der Waals surface area contributed by atoms with Gasteiger partial charge in [-0.05, 0) is 31.0 Å². The molecule has 1 aliphatic heterocycles. The first-order chi connectivity index (χ1) is 9.53. The molecule has 1 aromatic carbocycles. The molecule has 1 aliphatic rings. The second-order valence-electron chi connectivity index (χ2n) is 4.72. The summed E-state index contributed by atoms with van der Waals surface area (Å²) < 4.78 is 23.9. The number of hydrogen-bond acceptors (Lipinski definition) is 6. The van der Waals surface area contributed by atoms with E-state index in [1.165, 1.54) is 6.33 Å². The molecular formula is C13H12N4O2S. The highest BCUT2D eigenvalue weighted by Crippen LogP contribution is 2.34. The van der Waals surface area contributed by atoms with E-state index in [0.717, 1.165) is 5.56 Å². The average Bonchev–Trinajstić information content (AvgIpc) is 2.74. The highest BCUT2D eigenvalue weighted by Gasteiger charge is 2.29. The zero-order chi connectivity index (χ0) is 14.3. The minimum Gasteiger partial charge on any atom is -0.354 e. The molecule has 0 saturated heterocycles. The lowest BCUT2D eigenvalue weighted by Crippen LogP contribution is -2.14. The number of sulfone groups is 1. The summed E-state index contributed by atoms with van der Waals surface area (Å²) in [6, 6.07) is 4.94. The van der Waals surface area contributed by atoms with E-state index in [1.54, 1.807) is 19.1 Å². The van der Waals surface area contributed by atoms with E-state index in [1.807, 2.05) is 0 Å². The summed E-state index contributed by atoms with van der Waals surface area (Å²) in [5.74, 6) is 0.627. The quantitative estimate of drug-likeness (QED) is 0.894. The molecule has 7 heteroatoms. The van der Waals surface area contributed by atoms with Gasteiger partial charge in [0.05, 0.1) is 22.2 Å². The number of nitrogens with one attached hydrogen (secondary N) is 1. The molecule has 0 fully saturated rings. The largest absolute Gasteiger partial charge is 0.354 e. The van der Waals surface area contributed by atoms with Crippen LogP contribution in [-0.2, 0) is 16.3 Å². The summed E-state index contributed by atoms with van der Waals surface area (Å²) in [5, 5.41) is 12.6. The maximum atomic E-state index is 12.0. The molecule has 0 saturated carbocycles. The second kappa shape index (κ2) is 4.42. The van der Waals surface area contributed by atoms with E-state index in [4.69, 9.17) is 5.26 Å². The van der Waals surface area contributed by atoms with E-state index in [-0.39, 0.29) is 5.75 Å². The Balaban J connectivity index is 2.29. The Labute approximate surface area is 116 Å². The van der Waals surface area contributed by atoms with Gasteiger partial charge in [0, 0.05) is 5.39 Å². The Hall–Kier alpha value is -2.20. The summed E-state index contributed by atoms with van der Waals surface area (Å²) in [6.07, 6.45) is 1.86. The third kappa shape index (κ3) is 1.89. The van der Waals surface area contributed by atoms with Crippen molar-refractivity contribution in [2.24, 2.45) is 0 Å². The van der Waals surface area contributed by atoms with E-state index >= 15 is 0 Å². The van der Waals surface area contributed by atoms with Crippen LogP contribution in [0.3, 0.4) is 0 Å². The van der Waals surface area contributed by atoms with Crippen LogP contribution >= 0.6 is 0 Å². The number of nitrogens with zero attached hydrogens (tertiary/aromatic N) is 3. The molecule has 1 unspecified atom stereocenters. The van der Waals surface area contributed by atoms with Crippen LogP contribution in [-0.4, -0.2) is 30.2 Å². The molecule has 0 radical (unpaired) electrons. The predicted molar refractivity (Wildman–Crippen MR) is 74.0 cm³/mol. The van der Waals surface area contributed by atoms with Crippen molar-refractivity contribution >= 4 is 26.6 Å². The molecule has 2 aromatic rings. The predicted octanol–water partition coefficient (Wildman–Crippen LogP) is 1.28. The van der Waals surface area contributed by atoms with Crippen LogP contribution in [0.5, 0.6) is 0 Å². The van der Waals surface area contributed by atoms with Crippen molar-refractivity contribution in [2.45, 2.75) is 24.3 Å². The fraction of sp³-hybridized carbons (Fsp3) is 0.308. The SMILES string of the molecule is CC(C#N)Nc1ncnc2ccc3c(c12)CCS3(=O)=O. The summed E-state index contributed by atoms with van der Waals surface area (Å²) in [5.41, 5.74) is 1.43. The van der Waals surface area contributed by atoms with Crippen molar-refractivity contribution in [2.75, 3.05) is 11.1 Å². The van der Waals surface area contributed by atoms with Crippen LogP contribution in [0.15, 0.2) is 23.4 Å². The van der Waals surface area contributed by atoms with Gasteiger partial charge in [-0.1, -0.05) is 0 Å². The molecule has 2 heterocycles. The molecule has 1 aromatic heterocycles. The van der Waals surface area contributed by atoms with Gasteiger partial charge in [-0.2, -0.15) is 5.26 Å². The first-order valence-electron chi connectivity index (χ1n) is 6.18. The van der Waals surface area contributed by atoms with Gasteiger partial charge in [-0.25, -0.2) is 18.4 Å². The lowest BCUT2D eigenvalue weighted by atomic mass is 10.1. The average molecular weight is 288 g/mol. The van der Waals surface area contributed by atoms with Crippen LogP contribution in [0.2, 0.25) is 0 Å². The maximum Gasteiger partial charge on any atom is 0.179 e. The third-order valence-electron chi connectivity index (χ3n) is 3.37. The van der Waals surface area contributed by atoms with Gasteiger partial charge in [-0.15, -0.1) is 0 Å². The maximum absolute atomic E-state index is 12.0. The normalized spacial score (nSPS) is 17.4. The minimum atomic E-state index is -3.20. The van der Waals surface area contributed by atoms with Gasteiger partial charge < -0.3 is 5.32 Å². The summed E-state index contributed by atoms with van der Waals surface area (Å²) in [4.78, 5) is 8.68. The standard InChI is InChI=1S/C13H12N4O2S/c1-8(6-14)17-13-12-9-4-5-20(18,19)11(9)3-2-10(12)15-7-16-13/h2-3,7-8H,4-5H2,1H3,(H,15,16,17). The smallest absolute Gasteiger partial charge is 0.179 e. The van der Waals surface area contributed by atoms with Crippen LogP contribution in [0.1, 0.15) is 12.5 Å². The van der Waals surface area contributed by atoms with Gasteiger partial charge in [0.25, 0.3) is 0 Å². The molecule has 6 nitrogen and oxygen atoms in total. The molecule has 0 bridgehead atoms. The molecule has 1 N–H and O–H groups in total. The number of fused-ring (bicyclic) bond motifs is 3. The van der Waals surface area contributed by atoms with E-state index < -0.39 is 15.9 Å². The fourth-order valence-electron chi connectivity index (χ4n) is 2.43. The summed E-state index contributed by atoms with van der Waals surface area (Å²) >= 11 is 0. The minimum absolute atomic E-state index is 0.115. The molecular weight excluding hydrogens is 276 g/mol. The van der Waals surface area contributed by atoms with Gasteiger partial charge in [0.15, 0.2) is 9.84 Å². The van der Waals surface area contributed by atoms with Crippen molar-refractivity contribution in [1.82, 2.24) is 9.97 Å². The number of aromatic nitrogens is 2. The molecule has 102 valence electrons. The molecule has 0 spiro atoms. The zero-order valence-corrected chi connectivity index (χ0v) is 11.6. The van der Waals surface area contributed by atoms with Crippen LogP contribution in [0.4, 0.5) is 5.82 Å². The molecule has 0 aliphatic carbocycles. The number of anilines is 1. The molecule has 0 amide bonds.